The third-order valence-corrected chi connectivity index (χ3v) is 30.7. The molecule has 20 heteroatoms. The lowest BCUT2D eigenvalue weighted by Crippen LogP contribution is -2.42. The molecule has 0 aromatic heterocycles. The number of carbonyl (C=O) groups excluding carboxylic acids is 1. The second kappa shape index (κ2) is 49.2. The van der Waals surface area contributed by atoms with E-state index in [0.29, 0.717) is 107 Å². The van der Waals surface area contributed by atoms with Crippen LogP contribution in [0.4, 0.5) is 0 Å². The molecule has 0 aromatic rings. The molecular formula is C110H154N12O8. The van der Waals surface area contributed by atoms with Crippen LogP contribution >= 0.6 is 0 Å². The molecule has 0 aliphatic heterocycles. The van der Waals surface area contributed by atoms with Crippen molar-refractivity contribution in [3.8, 4) is 30.3 Å². The summed E-state index contributed by atoms with van der Waals surface area (Å²) in [5.41, 5.74) is 9.02. The monoisotopic (exact) mass is 1770 g/mol. The van der Waals surface area contributed by atoms with Gasteiger partial charge in [-0.05, 0) is 342 Å². The molecule has 11 aliphatic carbocycles. The Morgan fingerprint density at radius 2 is 0.608 bits per heavy atom. The van der Waals surface area contributed by atoms with E-state index in [-0.39, 0.29) is 105 Å². The highest BCUT2D eigenvalue weighted by atomic mass is 16.5. The van der Waals surface area contributed by atoms with Gasteiger partial charge in [-0.15, -0.1) is 0 Å². The number of likely N-dealkylation sites (N-methyl/N-ethyl adjacent to an activating group) is 4. The van der Waals surface area contributed by atoms with Gasteiger partial charge in [-0.25, -0.2) is 30.3 Å². The lowest BCUT2D eigenvalue weighted by molar-refractivity contribution is -0.154. The fraction of sp³-hybridized carbons (Fsp3) is 0.700. The first-order chi connectivity index (χ1) is 62.3. The molecule has 20 nitrogen and oxygen atoms in total. The van der Waals surface area contributed by atoms with Crippen LogP contribution in [0.15, 0.2) is 140 Å². The first kappa shape index (κ1) is 102. The van der Waals surface area contributed by atoms with E-state index in [1.807, 2.05) is 0 Å². The van der Waals surface area contributed by atoms with Crippen LogP contribution in [0.3, 0.4) is 0 Å². The van der Waals surface area contributed by atoms with Gasteiger partial charge in [0.1, 0.15) is 17.7 Å². The number of rotatable bonds is 35. The minimum Gasteiger partial charge on any atom is -0.469 e. The summed E-state index contributed by atoms with van der Waals surface area (Å²) in [6, 6.07) is 12.5. The number of methoxy groups -OCH3 is 1. The fourth-order valence-electron chi connectivity index (χ4n) is 23.6. The molecule has 702 valence electrons. The minimum absolute atomic E-state index is 0.00569. The second-order valence-corrected chi connectivity index (χ2v) is 44.0. The van der Waals surface area contributed by atoms with Gasteiger partial charge in [0.25, 0.3) is 17.1 Å². The van der Waals surface area contributed by atoms with Crippen molar-refractivity contribution in [3.63, 3.8) is 0 Å². The molecule has 8 atom stereocenters. The van der Waals surface area contributed by atoms with Crippen molar-refractivity contribution in [1.29, 1.82) is 26.3 Å². The molecule has 0 bridgehead atoms. The van der Waals surface area contributed by atoms with Crippen LogP contribution in [-0.4, -0.2) is 187 Å². The van der Waals surface area contributed by atoms with Crippen LogP contribution in [0.5, 0.6) is 0 Å². The van der Waals surface area contributed by atoms with Crippen LogP contribution in [-0.2, 0) is 38.0 Å². The van der Waals surface area contributed by atoms with E-state index in [9.17, 15) is 31.1 Å². The molecule has 0 radical (unpaired) electrons. The summed E-state index contributed by atoms with van der Waals surface area (Å²) >= 11 is 0. The van der Waals surface area contributed by atoms with Crippen LogP contribution in [0.1, 0.15) is 267 Å². The molecule has 130 heavy (non-hydrogen) atoms. The average molecular weight is 1770 g/mol. The summed E-state index contributed by atoms with van der Waals surface area (Å²) in [6.45, 7) is 47.5. The number of hydrogen-bond acceptors (Lipinski definition) is 17. The van der Waals surface area contributed by atoms with Crippen molar-refractivity contribution in [3.05, 3.63) is 174 Å². The number of ether oxygens (including phenoxy) is 7. The third-order valence-electron chi connectivity index (χ3n) is 30.7. The normalized spacial score (nSPS) is 31.8. The van der Waals surface area contributed by atoms with E-state index in [4.69, 9.17) is 52.9 Å². The summed E-state index contributed by atoms with van der Waals surface area (Å²) in [5.74, 6) is 1.78. The Morgan fingerprint density at radius 3 is 0.846 bits per heavy atom. The largest absolute Gasteiger partial charge is 0.469 e. The van der Waals surface area contributed by atoms with E-state index in [0.717, 1.165) is 241 Å². The Balaban J connectivity index is 0.699. The van der Waals surface area contributed by atoms with Crippen LogP contribution in [0.2, 0.25) is 0 Å². The molecule has 0 heterocycles. The van der Waals surface area contributed by atoms with Crippen molar-refractivity contribution >= 4 is 5.97 Å². The van der Waals surface area contributed by atoms with Gasteiger partial charge >= 0.3 is 5.97 Å². The Morgan fingerprint density at radius 1 is 0.362 bits per heavy atom. The number of nitriles is 5. The smallest absolute Gasteiger partial charge is 0.308 e. The maximum absolute atomic E-state index is 13.8. The highest BCUT2D eigenvalue weighted by Crippen LogP contribution is 2.47. The molecule has 0 saturated heterocycles. The Labute approximate surface area is 782 Å². The van der Waals surface area contributed by atoms with E-state index >= 15 is 0 Å². The number of allylic oxidation sites excluding steroid dienone is 24. The molecule has 8 unspecified atom stereocenters. The first-order valence-electron chi connectivity index (χ1n) is 49.5. The Bertz CT molecular complexity index is 3980. The average Bonchev–Trinajstić information content (AvgIpc) is 0.826. The highest BCUT2D eigenvalue weighted by molar-refractivity contribution is 5.72. The lowest BCUT2D eigenvalue weighted by atomic mass is 9.74. The second-order valence-electron chi connectivity index (χ2n) is 44.0. The molecule has 0 N–H and O–H groups in total. The van der Waals surface area contributed by atoms with Crippen molar-refractivity contribution < 1.29 is 38.0 Å². The van der Waals surface area contributed by atoms with E-state index < -0.39 is 0 Å². The summed E-state index contributed by atoms with van der Waals surface area (Å²) < 4.78 is 47.6. The lowest BCUT2D eigenvalue weighted by Gasteiger charge is -2.39. The topological polar surface area (TPSA) is 227 Å². The standard InChI is InChI=1S/C110H154N12O8/c1-107(2)62-81(49-88(66-107)92(70-111)71-112)21-17-77-25-33-93(34-26-77)119(12)41-45-125-97-53-85(54-98(59-97)126-46-42-120(13)94-35-27-78(28-36-94)18-22-82-50-89(103(72-113)116-9)67-108(3,4)63-82)75-129-101-57-87(106(123)124-16)58-102(61-101)130-76-86-55-99(127-47-43-121(14)95-37-29-79(30-38-95)19-23-83-51-90(104(73-114)117-10)68-109(5,6)64-83)60-100(56-86)128-48-44-122(15)96-39-31-80(32-40-96)20-24-84-52-91(105(74-115)118-11)69-110(7,8)65-84/h17-24,49-52,77-80,85-87,93-102H,25-48,53-69,75-76H2,1-8,12-16H3/b21-17+,22-18+,23-19+,24-20+,103-89+,104-90+,105-91+. The van der Waals surface area contributed by atoms with Gasteiger partial charge in [-0.2, -0.15) is 10.5 Å². The molecule has 0 spiro atoms. The quantitative estimate of drug-likeness (QED) is 0.0326. The summed E-state index contributed by atoms with van der Waals surface area (Å²) in [4.78, 5) is 34.4. The predicted molar refractivity (Wildman–Crippen MR) is 513 cm³/mol. The van der Waals surface area contributed by atoms with Crippen molar-refractivity contribution in [2.45, 2.75) is 328 Å². The fourth-order valence-corrected chi connectivity index (χ4v) is 23.6. The van der Waals surface area contributed by atoms with Gasteiger partial charge in [0.15, 0.2) is 0 Å². The van der Waals surface area contributed by atoms with E-state index in [1.54, 1.807) is 0 Å². The molecule has 11 aliphatic rings. The van der Waals surface area contributed by atoms with Crippen LogP contribution < -0.4 is 0 Å². The van der Waals surface area contributed by atoms with Crippen LogP contribution in [0.25, 0.3) is 14.5 Å². The number of hydrogen-bond donors (Lipinski definition) is 0. The Kier molecular flexibility index (Phi) is 38.8. The van der Waals surface area contributed by atoms with Gasteiger partial charge in [-0.1, -0.05) is 128 Å². The number of nitrogens with zero attached hydrogens (tertiary/aromatic N) is 12. The third kappa shape index (κ3) is 31.5. The molecule has 7 saturated carbocycles. The van der Waals surface area contributed by atoms with Crippen molar-refractivity contribution in [2.24, 2.45) is 63.1 Å². The molecule has 11 rings (SSSR count). The zero-order valence-electron chi connectivity index (χ0n) is 81.3. The number of esters is 1. The Hall–Kier alpha value is -8.13. The van der Waals surface area contributed by atoms with Gasteiger partial charge in [0.05, 0.1) is 114 Å². The first-order valence-corrected chi connectivity index (χ1v) is 49.5. The zero-order chi connectivity index (χ0) is 93.1. The molecule has 0 aromatic carbocycles. The van der Waals surface area contributed by atoms with E-state index in [2.05, 4.69) is 221 Å². The van der Waals surface area contributed by atoms with Gasteiger partial charge < -0.3 is 52.8 Å². The molecule has 0 amide bonds. The maximum atomic E-state index is 13.8. The zero-order valence-corrected chi connectivity index (χ0v) is 81.3. The maximum Gasteiger partial charge on any atom is 0.308 e. The van der Waals surface area contributed by atoms with Gasteiger partial charge in [-0.3, -0.25) is 4.79 Å². The highest BCUT2D eigenvalue weighted by Gasteiger charge is 2.41. The number of carbonyl (C=O) groups is 1. The SMILES string of the molecule is [C-]#[N+]/C(C#N)=C1C=C(/C=C/C2CCC(N(C)CCOC3CC(COC4CC(OCC5CC(OCCN(C)C6CCC(/C=C/C7=CC(=C(/C#N)[N+]#[C-])/CC(C)(C)C7)CC6)CC(OCCN(C)C6CCC(/C=C/C7=CC(=C(/C#N)[N+]#[C-])/CC(C)(C)C7)CC6)C5)CC(C(=O)OC)C4)CC(OCCN(C)C4CCC(/C=C/C5=CC(=C(C#N)C#N)CC(C)(C)C5)CC4)C3)CC2)CC(C)(C)C\1. The predicted octanol–water partition coefficient (Wildman–Crippen LogP) is 22.5. The van der Waals surface area contributed by atoms with Crippen molar-refractivity contribution in [1.82, 2.24) is 19.6 Å². The van der Waals surface area contributed by atoms with Crippen LogP contribution in [0, 0.1) is 139 Å². The van der Waals surface area contributed by atoms with Crippen molar-refractivity contribution in [2.75, 3.05) is 101 Å². The minimum atomic E-state index is -0.351. The summed E-state index contributed by atoms with van der Waals surface area (Å²) in [5, 5.41) is 48.4. The summed E-state index contributed by atoms with van der Waals surface area (Å²) in [6.07, 6.45) is 58.0. The molecular weight excluding hydrogens is 1620 g/mol. The van der Waals surface area contributed by atoms with Gasteiger partial charge in [0, 0.05) is 63.6 Å². The molecule has 7 fully saturated rings. The van der Waals surface area contributed by atoms with Gasteiger partial charge in [0.2, 0.25) is 0 Å². The van der Waals surface area contributed by atoms with E-state index in [1.165, 1.54) is 29.4 Å². The summed E-state index contributed by atoms with van der Waals surface area (Å²) in [7, 11) is 10.5.